The summed E-state index contributed by atoms with van der Waals surface area (Å²) in [6, 6.07) is 11.5. The molecule has 2 aromatic rings. The van der Waals surface area contributed by atoms with E-state index in [0.717, 1.165) is 35.5 Å². The van der Waals surface area contributed by atoms with Crippen LogP contribution in [0.15, 0.2) is 41.8 Å². The highest BCUT2D eigenvalue weighted by molar-refractivity contribution is 7.10. The number of hydrogen-bond acceptors (Lipinski definition) is 4. The predicted molar refractivity (Wildman–Crippen MR) is 117 cm³/mol. The Hall–Kier alpha value is -2.67. The van der Waals surface area contributed by atoms with Crippen LogP contribution >= 0.6 is 11.3 Å². The number of nitrogens with zero attached hydrogens (tertiary/aromatic N) is 2. The summed E-state index contributed by atoms with van der Waals surface area (Å²) in [6.45, 7) is 4.01. The second kappa shape index (κ2) is 9.00. The van der Waals surface area contributed by atoms with Crippen molar-refractivity contribution in [2.75, 3.05) is 24.5 Å². The second-order valence-corrected chi connectivity index (χ2v) is 8.98. The monoisotopic (exact) mass is 425 g/mol. The van der Waals surface area contributed by atoms with Crippen molar-refractivity contribution in [3.05, 3.63) is 52.2 Å². The number of nitrogens with one attached hydrogen (secondary N) is 1. The Bertz CT molecular complexity index is 910. The van der Waals surface area contributed by atoms with Crippen molar-refractivity contribution in [3.63, 3.8) is 0 Å². The summed E-state index contributed by atoms with van der Waals surface area (Å²) in [7, 11) is 0. The number of thiophene rings is 1. The molecule has 3 amide bonds. The van der Waals surface area contributed by atoms with Crippen LogP contribution < -0.4 is 10.2 Å². The first-order valence-electron chi connectivity index (χ1n) is 10.5. The average molecular weight is 426 g/mol. The topological polar surface area (TPSA) is 69.7 Å². The number of anilines is 1. The Morgan fingerprint density at radius 1 is 1.17 bits per heavy atom. The van der Waals surface area contributed by atoms with Gasteiger partial charge in [-0.2, -0.15) is 0 Å². The Balaban J connectivity index is 1.44. The van der Waals surface area contributed by atoms with Crippen LogP contribution in [0.5, 0.6) is 0 Å². The molecule has 2 atom stereocenters. The predicted octanol–water partition coefficient (Wildman–Crippen LogP) is 3.28. The molecule has 30 heavy (non-hydrogen) atoms. The van der Waals surface area contributed by atoms with Crippen molar-refractivity contribution < 1.29 is 14.4 Å². The third-order valence-electron chi connectivity index (χ3n) is 5.88. The van der Waals surface area contributed by atoms with Crippen LogP contribution in [-0.2, 0) is 14.4 Å². The summed E-state index contributed by atoms with van der Waals surface area (Å²) in [5.74, 6) is -0.343. The number of amides is 3. The highest BCUT2D eigenvalue weighted by atomic mass is 32.1. The van der Waals surface area contributed by atoms with Crippen LogP contribution in [0.3, 0.4) is 0 Å². The molecule has 0 radical (unpaired) electrons. The van der Waals surface area contributed by atoms with E-state index in [1.54, 1.807) is 16.2 Å². The number of rotatable bonds is 7. The van der Waals surface area contributed by atoms with Gasteiger partial charge in [0.2, 0.25) is 17.7 Å². The first kappa shape index (κ1) is 20.6. The van der Waals surface area contributed by atoms with Gasteiger partial charge in [-0.25, -0.2) is 0 Å². The van der Waals surface area contributed by atoms with Gasteiger partial charge in [0, 0.05) is 43.0 Å². The Labute approximate surface area is 180 Å². The molecule has 0 bridgehead atoms. The fourth-order valence-electron chi connectivity index (χ4n) is 4.32. The van der Waals surface area contributed by atoms with Crippen LogP contribution in [0.4, 0.5) is 5.69 Å². The van der Waals surface area contributed by atoms with E-state index in [9.17, 15) is 14.4 Å². The number of benzene rings is 1. The van der Waals surface area contributed by atoms with E-state index in [-0.39, 0.29) is 30.2 Å². The molecule has 2 aliphatic heterocycles. The van der Waals surface area contributed by atoms with Gasteiger partial charge in [0.15, 0.2) is 0 Å². The van der Waals surface area contributed by atoms with E-state index in [0.29, 0.717) is 19.5 Å². The lowest BCUT2D eigenvalue weighted by Crippen LogP contribution is -2.37. The van der Waals surface area contributed by atoms with Crippen LogP contribution in [-0.4, -0.2) is 42.3 Å². The molecule has 3 heterocycles. The van der Waals surface area contributed by atoms with Crippen molar-refractivity contribution in [3.8, 4) is 0 Å². The molecule has 2 unspecified atom stereocenters. The molecule has 6 nitrogen and oxygen atoms in total. The highest BCUT2D eigenvalue weighted by Crippen LogP contribution is 2.43. The van der Waals surface area contributed by atoms with Crippen molar-refractivity contribution in [1.29, 1.82) is 0 Å². The first-order valence-corrected chi connectivity index (χ1v) is 11.4. The number of likely N-dealkylation sites (tertiary alicyclic amines) is 1. The summed E-state index contributed by atoms with van der Waals surface area (Å²) in [5, 5.41) is 4.99. The third kappa shape index (κ3) is 4.26. The lowest BCUT2D eigenvalue weighted by Gasteiger charge is -2.27. The number of carbonyl (C=O) groups excluding carboxylic acids is 3. The highest BCUT2D eigenvalue weighted by Gasteiger charge is 2.45. The molecule has 7 heteroatoms. The molecule has 2 fully saturated rings. The average Bonchev–Trinajstić information content (AvgIpc) is 3.46. The molecule has 2 saturated heterocycles. The fraction of sp³-hybridized carbons (Fsp3) is 0.435. The van der Waals surface area contributed by atoms with Gasteiger partial charge in [-0.05, 0) is 43.3 Å². The molecule has 158 valence electrons. The first-order chi connectivity index (χ1) is 14.5. The lowest BCUT2D eigenvalue weighted by molar-refractivity contribution is -0.127. The maximum absolute atomic E-state index is 13.0. The van der Waals surface area contributed by atoms with E-state index in [2.05, 4.69) is 5.32 Å². The summed E-state index contributed by atoms with van der Waals surface area (Å²) >= 11 is 1.57. The quantitative estimate of drug-likeness (QED) is 0.692. The molecular formula is C23H27N3O3S. The molecule has 4 rings (SSSR count). The van der Waals surface area contributed by atoms with Crippen LogP contribution in [0.25, 0.3) is 0 Å². The van der Waals surface area contributed by atoms with E-state index in [1.807, 2.05) is 53.6 Å². The van der Waals surface area contributed by atoms with Gasteiger partial charge in [0.05, 0.1) is 12.0 Å². The summed E-state index contributed by atoms with van der Waals surface area (Å²) < 4.78 is 0. The van der Waals surface area contributed by atoms with E-state index >= 15 is 0 Å². The van der Waals surface area contributed by atoms with Gasteiger partial charge in [0.1, 0.15) is 0 Å². The molecular weight excluding hydrogens is 398 g/mol. The largest absolute Gasteiger partial charge is 0.356 e. The fourth-order valence-corrected chi connectivity index (χ4v) is 5.20. The number of carbonyl (C=O) groups is 3. The summed E-state index contributed by atoms with van der Waals surface area (Å²) in [5.41, 5.74) is 1.95. The van der Waals surface area contributed by atoms with E-state index in [1.165, 1.54) is 0 Å². The maximum atomic E-state index is 13.0. The molecule has 1 N–H and O–H groups in total. The van der Waals surface area contributed by atoms with Crippen molar-refractivity contribution in [2.45, 2.75) is 38.6 Å². The van der Waals surface area contributed by atoms with Crippen molar-refractivity contribution in [2.24, 2.45) is 5.92 Å². The van der Waals surface area contributed by atoms with Gasteiger partial charge in [-0.3, -0.25) is 14.4 Å². The Morgan fingerprint density at radius 3 is 2.63 bits per heavy atom. The minimum Gasteiger partial charge on any atom is -0.356 e. The number of hydrogen-bond donors (Lipinski definition) is 1. The zero-order valence-electron chi connectivity index (χ0n) is 17.2. The third-order valence-corrected chi connectivity index (χ3v) is 6.82. The van der Waals surface area contributed by atoms with Gasteiger partial charge >= 0.3 is 0 Å². The molecule has 1 aromatic heterocycles. The zero-order valence-corrected chi connectivity index (χ0v) is 18.0. The van der Waals surface area contributed by atoms with Crippen LogP contribution in [0.2, 0.25) is 0 Å². The van der Waals surface area contributed by atoms with Crippen molar-refractivity contribution in [1.82, 2.24) is 10.2 Å². The van der Waals surface area contributed by atoms with Crippen LogP contribution in [0, 0.1) is 12.8 Å². The van der Waals surface area contributed by atoms with Gasteiger partial charge in [0.25, 0.3) is 0 Å². The lowest BCUT2D eigenvalue weighted by atomic mass is 9.97. The van der Waals surface area contributed by atoms with Crippen LogP contribution in [0.1, 0.15) is 42.2 Å². The van der Waals surface area contributed by atoms with Gasteiger partial charge in [-0.1, -0.05) is 23.8 Å². The number of aryl methyl sites for hydroxylation is 1. The minimum absolute atomic E-state index is 0.0277. The molecule has 2 aliphatic rings. The Morgan fingerprint density at radius 2 is 1.97 bits per heavy atom. The molecule has 0 saturated carbocycles. The molecule has 1 aromatic carbocycles. The van der Waals surface area contributed by atoms with Gasteiger partial charge < -0.3 is 15.1 Å². The molecule has 0 aliphatic carbocycles. The molecule has 0 spiro atoms. The second-order valence-electron chi connectivity index (χ2n) is 8.00. The zero-order chi connectivity index (χ0) is 21.1. The van der Waals surface area contributed by atoms with Crippen molar-refractivity contribution >= 4 is 34.7 Å². The van der Waals surface area contributed by atoms with E-state index < -0.39 is 5.92 Å². The van der Waals surface area contributed by atoms with E-state index in [4.69, 9.17) is 0 Å². The maximum Gasteiger partial charge on any atom is 0.228 e. The SMILES string of the molecule is Cc1ccc(N2C(=O)CC(C(=O)NCCCN3CCCC3=O)C2c2cccs2)cc1. The summed E-state index contributed by atoms with van der Waals surface area (Å²) in [6.07, 6.45) is 2.48. The smallest absolute Gasteiger partial charge is 0.228 e. The standard InChI is InChI=1S/C23H27N3O3S/c1-16-7-9-17(10-8-16)26-21(28)15-18(22(26)19-5-3-14-30-19)23(29)24-11-4-13-25-12-2-6-20(25)27/h3,5,7-10,14,18,22H,2,4,6,11-13,15H2,1H3,(H,24,29). The van der Waals surface area contributed by atoms with Gasteiger partial charge in [-0.15, -0.1) is 11.3 Å². The minimum atomic E-state index is -0.425. The normalized spacial score (nSPS) is 21.5. The Kier molecular flexibility index (Phi) is 6.18. The summed E-state index contributed by atoms with van der Waals surface area (Å²) in [4.78, 5) is 42.3.